The molecule has 1 rings (SSSR count). The number of hydrogen-bond donors (Lipinski definition) is 0. The molecule has 1 aromatic heterocycles. The van der Waals surface area contributed by atoms with E-state index >= 15 is 0 Å². The Morgan fingerprint density at radius 1 is 1.67 bits per heavy atom. The van der Waals surface area contributed by atoms with Crippen molar-refractivity contribution < 1.29 is 4.74 Å². The lowest BCUT2D eigenvalue weighted by Gasteiger charge is -2.03. The van der Waals surface area contributed by atoms with E-state index in [4.69, 9.17) is 4.74 Å². The molecule has 0 bridgehead atoms. The van der Waals surface area contributed by atoms with Crippen molar-refractivity contribution in [2.75, 3.05) is 0 Å². The van der Waals surface area contributed by atoms with Gasteiger partial charge in [-0.25, -0.2) is 4.98 Å². The summed E-state index contributed by atoms with van der Waals surface area (Å²) in [6.07, 6.45) is 1.98. The van der Waals surface area contributed by atoms with Crippen LogP contribution in [-0.4, -0.2) is 11.1 Å². The Kier molecular flexibility index (Phi) is 2.05. The van der Waals surface area contributed by atoms with E-state index in [1.165, 1.54) is 11.3 Å². The van der Waals surface area contributed by atoms with Crippen molar-refractivity contribution in [1.82, 2.24) is 4.98 Å². The average molecular weight is 143 g/mol. The molecule has 50 valence electrons. The van der Waals surface area contributed by atoms with E-state index in [-0.39, 0.29) is 6.10 Å². The second kappa shape index (κ2) is 2.82. The van der Waals surface area contributed by atoms with Gasteiger partial charge in [0.2, 0.25) is 0 Å². The van der Waals surface area contributed by atoms with Gasteiger partial charge in [-0.15, -0.1) is 0 Å². The summed E-state index contributed by atoms with van der Waals surface area (Å²) < 4.78 is 5.31. The van der Waals surface area contributed by atoms with Gasteiger partial charge in [0.25, 0.3) is 0 Å². The van der Waals surface area contributed by atoms with Crippen LogP contribution in [0.15, 0.2) is 11.7 Å². The molecule has 0 aromatic carbocycles. The van der Waals surface area contributed by atoms with Gasteiger partial charge in [-0.05, 0) is 13.8 Å². The van der Waals surface area contributed by atoms with Crippen molar-refractivity contribution in [3.8, 4) is 5.06 Å². The molecule has 3 heteroatoms. The Morgan fingerprint density at radius 3 is 2.89 bits per heavy atom. The Morgan fingerprint density at radius 2 is 2.44 bits per heavy atom. The van der Waals surface area contributed by atoms with Crippen LogP contribution >= 0.6 is 11.3 Å². The highest BCUT2D eigenvalue weighted by molar-refractivity contribution is 7.11. The third-order valence-electron chi connectivity index (χ3n) is 0.762. The molecule has 2 nitrogen and oxygen atoms in total. The van der Waals surface area contributed by atoms with Crippen molar-refractivity contribution in [1.29, 1.82) is 0 Å². The van der Waals surface area contributed by atoms with Gasteiger partial charge in [-0.3, -0.25) is 0 Å². The lowest BCUT2D eigenvalue weighted by Crippen LogP contribution is -2.03. The van der Waals surface area contributed by atoms with Crippen LogP contribution in [0, 0.1) is 0 Å². The summed E-state index contributed by atoms with van der Waals surface area (Å²) in [7, 11) is 0. The molecular formula is C6H9NOS. The number of aromatic nitrogens is 1. The van der Waals surface area contributed by atoms with Crippen LogP contribution in [-0.2, 0) is 0 Å². The quantitative estimate of drug-likeness (QED) is 0.631. The van der Waals surface area contributed by atoms with Crippen LogP contribution in [0.5, 0.6) is 5.06 Å². The molecule has 0 N–H and O–H groups in total. The van der Waals surface area contributed by atoms with E-state index in [0.717, 1.165) is 5.06 Å². The van der Waals surface area contributed by atoms with Gasteiger partial charge in [-0.1, -0.05) is 11.3 Å². The second-order valence-electron chi connectivity index (χ2n) is 1.99. The summed E-state index contributed by atoms with van der Waals surface area (Å²) in [6, 6.07) is 0. The number of thiazole rings is 1. The van der Waals surface area contributed by atoms with E-state index in [2.05, 4.69) is 4.98 Å². The predicted octanol–water partition coefficient (Wildman–Crippen LogP) is 1.93. The van der Waals surface area contributed by atoms with Gasteiger partial charge >= 0.3 is 0 Å². The third-order valence-corrected chi connectivity index (χ3v) is 1.42. The highest BCUT2D eigenvalue weighted by Gasteiger charge is 1.95. The molecule has 1 heterocycles. The van der Waals surface area contributed by atoms with E-state index in [1.54, 1.807) is 11.7 Å². The number of hydrogen-bond acceptors (Lipinski definition) is 3. The van der Waals surface area contributed by atoms with Crippen molar-refractivity contribution in [3.05, 3.63) is 11.7 Å². The molecule has 0 spiro atoms. The lowest BCUT2D eigenvalue weighted by atomic mass is 10.5. The Bertz CT molecular complexity index is 160. The fourth-order valence-corrected chi connectivity index (χ4v) is 1.09. The lowest BCUT2D eigenvalue weighted by molar-refractivity contribution is 0.249. The van der Waals surface area contributed by atoms with E-state index in [0.29, 0.717) is 0 Å². The molecule has 0 aliphatic rings. The summed E-state index contributed by atoms with van der Waals surface area (Å²) in [5, 5.41) is 0.894. The first-order valence-corrected chi connectivity index (χ1v) is 3.72. The molecule has 0 saturated heterocycles. The molecule has 0 amide bonds. The van der Waals surface area contributed by atoms with Gasteiger partial charge in [-0.2, -0.15) is 0 Å². The molecule has 9 heavy (non-hydrogen) atoms. The first kappa shape index (κ1) is 6.55. The maximum Gasteiger partial charge on any atom is 0.194 e. The zero-order valence-electron chi connectivity index (χ0n) is 5.50. The highest BCUT2D eigenvalue weighted by Crippen LogP contribution is 2.16. The fourth-order valence-electron chi connectivity index (χ4n) is 0.495. The summed E-state index contributed by atoms with van der Waals surface area (Å²) in [5.74, 6) is 0. The van der Waals surface area contributed by atoms with Crippen molar-refractivity contribution in [3.63, 3.8) is 0 Å². The van der Waals surface area contributed by atoms with Crippen molar-refractivity contribution in [2.24, 2.45) is 0 Å². The second-order valence-corrected chi connectivity index (χ2v) is 2.84. The van der Waals surface area contributed by atoms with E-state index in [1.807, 2.05) is 13.8 Å². The van der Waals surface area contributed by atoms with Crippen LogP contribution in [0.25, 0.3) is 0 Å². The predicted molar refractivity (Wildman–Crippen MR) is 37.9 cm³/mol. The molecule has 0 aliphatic heterocycles. The fraction of sp³-hybridized carbons (Fsp3) is 0.500. The minimum atomic E-state index is 0.255. The molecule has 0 atom stereocenters. The highest BCUT2D eigenvalue weighted by atomic mass is 32.1. The molecule has 1 aromatic rings. The molecule has 0 saturated carbocycles. The van der Waals surface area contributed by atoms with Crippen LogP contribution in [0.2, 0.25) is 0 Å². The number of rotatable bonds is 2. The SMILES string of the molecule is CC(C)Oc1cncs1. The maximum absolute atomic E-state index is 5.31. The minimum absolute atomic E-state index is 0.255. The van der Waals surface area contributed by atoms with Crippen LogP contribution in [0.4, 0.5) is 0 Å². The molecule has 0 fully saturated rings. The largest absolute Gasteiger partial charge is 0.480 e. The number of nitrogens with zero attached hydrogens (tertiary/aromatic N) is 1. The molecular weight excluding hydrogens is 134 g/mol. The van der Waals surface area contributed by atoms with Gasteiger partial charge < -0.3 is 4.74 Å². The van der Waals surface area contributed by atoms with Crippen LogP contribution < -0.4 is 4.74 Å². The van der Waals surface area contributed by atoms with Crippen molar-refractivity contribution >= 4 is 11.3 Å². The number of ether oxygens (including phenoxy) is 1. The Hall–Kier alpha value is -0.570. The first-order valence-electron chi connectivity index (χ1n) is 2.84. The first-order chi connectivity index (χ1) is 4.29. The average Bonchev–Trinajstić information content (AvgIpc) is 2.15. The zero-order chi connectivity index (χ0) is 6.69. The van der Waals surface area contributed by atoms with E-state index in [9.17, 15) is 0 Å². The summed E-state index contributed by atoms with van der Waals surface area (Å²) in [6.45, 7) is 4.00. The van der Waals surface area contributed by atoms with Gasteiger partial charge in [0, 0.05) is 0 Å². The summed E-state index contributed by atoms with van der Waals surface area (Å²) >= 11 is 1.52. The van der Waals surface area contributed by atoms with E-state index < -0.39 is 0 Å². The normalized spacial score (nSPS) is 10.1. The monoisotopic (exact) mass is 143 g/mol. The topological polar surface area (TPSA) is 22.1 Å². The molecule has 0 radical (unpaired) electrons. The minimum Gasteiger partial charge on any atom is -0.480 e. The van der Waals surface area contributed by atoms with Crippen LogP contribution in [0.1, 0.15) is 13.8 Å². The van der Waals surface area contributed by atoms with Crippen LogP contribution in [0.3, 0.4) is 0 Å². The van der Waals surface area contributed by atoms with Gasteiger partial charge in [0.15, 0.2) is 5.06 Å². The molecule has 0 aliphatic carbocycles. The summed E-state index contributed by atoms with van der Waals surface area (Å²) in [4.78, 5) is 3.87. The Labute approximate surface area is 58.5 Å². The van der Waals surface area contributed by atoms with Gasteiger partial charge in [0.1, 0.15) is 0 Å². The third kappa shape index (κ3) is 2.01. The van der Waals surface area contributed by atoms with Crippen molar-refractivity contribution in [2.45, 2.75) is 20.0 Å². The zero-order valence-corrected chi connectivity index (χ0v) is 6.31. The smallest absolute Gasteiger partial charge is 0.194 e. The molecule has 0 unspecified atom stereocenters. The standard InChI is InChI=1S/C6H9NOS/c1-5(2)8-6-3-7-4-9-6/h3-5H,1-2H3. The Balaban J connectivity index is 2.48. The van der Waals surface area contributed by atoms with Gasteiger partial charge in [0.05, 0.1) is 17.8 Å². The maximum atomic E-state index is 5.31. The summed E-state index contributed by atoms with van der Waals surface area (Å²) in [5.41, 5.74) is 1.76.